The summed E-state index contributed by atoms with van der Waals surface area (Å²) in [7, 11) is 1.25. The number of fused-ring (bicyclic) bond motifs is 1. The largest absolute Gasteiger partial charge is 0.453 e. The molecule has 0 spiro atoms. The molecule has 6 nitrogen and oxygen atoms in total. The molecule has 2 aromatic carbocycles. The van der Waals surface area contributed by atoms with Crippen molar-refractivity contribution in [2.45, 2.75) is 63.1 Å². The highest BCUT2D eigenvalue weighted by Crippen LogP contribution is 2.43. The molecule has 2 unspecified atom stereocenters. The first kappa shape index (κ1) is 25.9. The Kier molecular flexibility index (Phi) is 7.26. The van der Waals surface area contributed by atoms with Crippen LogP contribution < -0.4 is 5.32 Å². The molecule has 2 heterocycles. The highest BCUT2D eigenvalue weighted by molar-refractivity contribution is 5.79. The van der Waals surface area contributed by atoms with Crippen LogP contribution in [-0.4, -0.2) is 48.7 Å². The number of nitrogens with one attached hydrogen (secondary N) is 1. The van der Waals surface area contributed by atoms with Crippen LogP contribution in [0.4, 0.5) is 22.4 Å². The van der Waals surface area contributed by atoms with E-state index in [9.17, 15) is 27.2 Å². The van der Waals surface area contributed by atoms with Gasteiger partial charge in [0.05, 0.1) is 37.0 Å². The molecule has 2 fully saturated rings. The lowest BCUT2D eigenvalue weighted by Gasteiger charge is -2.39. The van der Waals surface area contributed by atoms with Crippen LogP contribution in [0, 0.1) is 12.7 Å². The first-order valence-corrected chi connectivity index (χ1v) is 11.7. The number of carbonyl (C=O) groups excluding carboxylic acids is 2. The van der Waals surface area contributed by atoms with Crippen molar-refractivity contribution in [2.75, 3.05) is 13.7 Å². The molecule has 2 aromatic rings. The molecular weight excluding hydrogens is 480 g/mol. The van der Waals surface area contributed by atoms with E-state index in [1.165, 1.54) is 19.2 Å². The van der Waals surface area contributed by atoms with Gasteiger partial charge in [-0.05, 0) is 55.7 Å². The molecule has 1 N–H and O–H groups in total. The fourth-order valence-electron chi connectivity index (χ4n) is 5.32. The summed E-state index contributed by atoms with van der Waals surface area (Å²) in [6, 6.07) is 8.68. The number of aryl methyl sites for hydroxylation is 1. The Bertz CT molecular complexity index is 1120. The Morgan fingerprint density at radius 2 is 1.86 bits per heavy atom. The molecule has 2 aliphatic heterocycles. The van der Waals surface area contributed by atoms with E-state index in [-0.39, 0.29) is 18.9 Å². The Morgan fingerprint density at radius 3 is 2.50 bits per heavy atom. The van der Waals surface area contributed by atoms with Gasteiger partial charge in [0.15, 0.2) is 0 Å². The summed E-state index contributed by atoms with van der Waals surface area (Å²) in [5, 5.41) is 2.80. The SMILES string of the molecule is COC(=O)NC1CCC(=O)N2C[C@H](O[C@H](C)c3cc(C)cc(C(F)(F)F)c3)[C@@H](c3ccc(F)cc3)C12. The highest BCUT2D eigenvalue weighted by atomic mass is 19.4. The molecule has 0 aromatic heterocycles. The van der Waals surface area contributed by atoms with Gasteiger partial charge in [-0.25, -0.2) is 9.18 Å². The smallest absolute Gasteiger partial charge is 0.416 e. The summed E-state index contributed by atoms with van der Waals surface area (Å²) in [4.78, 5) is 26.5. The van der Waals surface area contributed by atoms with Gasteiger partial charge >= 0.3 is 12.3 Å². The number of carbonyl (C=O) groups is 2. The molecule has 4 rings (SSSR count). The first-order chi connectivity index (χ1) is 17.0. The molecule has 2 saturated heterocycles. The number of hydrogen-bond donors (Lipinski definition) is 1. The molecule has 0 saturated carbocycles. The summed E-state index contributed by atoms with van der Waals surface area (Å²) in [5.74, 6) is -0.988. The molecule has 2 aliphatic rings. The number of methoxy groups -OCH3 is 1. The zero-order valence-corrected chi connectivity index (χ0v) is 20.1. The molecule has 10 heteroatoms. The predicted molar refractivity (Wildman–Crippen MR) is 123 cm³/mol. The summed E-state index contributed by atoms with van der Waals surface area (Å²) < 4.78 is 65.0. The van der Waals surface area contributed by atoms with Crippen molar-refractivity contribution >= 4 is 12.0 Å². The van der Waals surface area contributed by atoms with E-state index in [0.717, 1.165) is 12.1 Å². The van der Waals surface area contributed by atoms with Crippen molar-refractivity contribution in [1.29, 1.82) is 0 Å². The number of ether oxygens (including phenoxy) is 2. The van der Waals surface area contributed by atoms with Gasteiger partial charge in [-0.1, -0.05) is 23.8 Å². The molecule has 36 heavy (non-hydrogen) atoms. The van der Waals surface area contributed by atoms with Crippen molar-refractivity contribution in [1.82, 2.24) is 10.2 Å². The van der Waals surface area contributed by atoms with Crippen LogP contribution in [0.1, 0.15) is 54.0 Å². The monoisotopic (exact) mass is 508 g/mol. The maximum atomic E-state index is 13.7. The third-order valence-electron chi connectivity index (χ3n) is 6.93. The number of piperidine rings is 1. The van der Waals surface area contributed by atoms with Gasteiger partial charge in [0.1, 0.15) is 5.82 Å². The first-order valence-electron chi connectivity index (χ1n) is 11.7. The molecular formula is C26H28F4N2O4. The van der Waals surface area contributed by atoms with E-state index < -0.39 is 53.9 Å². The van der Waals surface area contributed by atoms with Crippen molar-refractivity contribution < 1.29 is 36.6 Å². The van der Waals surface area contributed by atoms with Crippen molar-refractivity contribution in [3.05, 3.63) is 70.5 Å². The van der Waals surface area contributed by atoms with Crippen LogP contribution in [0.3, 0.4) is 0 Å². The number of hydrogen-bond acceptors (Lipinski definition) is 4. The number of halogens is 4. The standard InChI is InChI=1S/C26H28F4N2O4/c1-14-10-17(12-18(11-14)26(28,29)30)15(2)36-21-13-32-22(33)9-8-20(31-25(34)35-3)24(32)23(21)16-4-6-19(27)7-5-16/h4-7,10-12,15,20-21,23-24H,8-9,13H2,1-3H3,(H,31,34)/t15-,20?,21+,23-,24?/m1/s1. The summed E-state index contributed by atoms with van der Waals surface area (Å²) in [5.41, 5.74) is 0.754. The molecule has 194 valence electrons. The number of nitrogens with zero attached hydrogens (tertiary/aromatic N) is 1. The van der Waals surface area contributed by atoms with Crippen LogP contribution in [0.15, 0.2) is 42.5 Å². The third kappa shape index (κ3) is 5.33. The predicted octanol–water partition coefficient (Wildman–Crippen LogP) is 5.11. The number of alkyl halides is 3. The maximum absolute atomic E-state index is 13.7. The normalized spacial score (nSPS) is 24.9. The molecule has 5 atom stereocenters. The van der Waals surface area contributed by atoms with Crippen molar-refractivity contribution in [2.24, 2.45) is 0 Å². The fraction of sp³-hybridized carbons (Fsp3) is 0.462. The summed E-state index contributed by atoms with van der Waals surface area (Å²) in [6.45, 7) is 3.44. The lowest BCUT2D eigenvalue weighted by molar-refractivity contribution is -0.138. The Morgan fingerprint density at radius 1 is 1.17 bits per heavy atom. The highest BCUT2D eigenvalue weighted by Gasteiger charge is 2.51. The quantitative estimate of drug-likeness (QED) is 0.570. The lowest BCUT2D eigenvalue weighted by atomic mass is 9.83. The second-order valence-corrected chi connectivity index (χ2v) is 9.34. The van der Waals surface area contributed by atoms with Gasteiger partial charge in [0.25, 0.3) is 0 Å². The van der Waals surface area contributed by atoms with Crippen molar-refractivity contribution in [3.63, 3.8) is 0 Å². The van der Waals surface area contributed by atoms with E-state index in [1.807, 2.05) is 0 Å². The average molecular weight is 509 g/mol. The average Bonchev–Trinajstić information content (AvgIpc) is 3.20. The van der Waals surface area contributed by atoms with Gasteiger partial charge in [-0.2, -0.15) is 13.2 Å². The zero-order chi connectivity index (χ0) is 26.2. The van der Waals surface area contributed by atoms with Gasteiger partial charge in [0.2, 0.25) is 5.91 Å². The van der Waals surface area contributed by atoms with Gasteiger partial charge in [-0.15, -0.1) is 0 Å². The van der Waals surface area contributed by atoms with E-state index in [0.29, 0.717) is 23.1 Å². The van der Waals surface area contributed by atoms with E-state index in [2.05, 4.69) is 5.32 Å². The number of alkyl carbamates (subject to hydrolysis) is 1. The minimum absolute atomic E-state index is 0.108. The van der Waals surface area contributed by atoms with Crippen molar-refractivity contribution in [3.8, 4) is 0 Å². The Hall–Kier alpha value is -3.14. The second-order valence-electron chi connectivity index (χ2n) is 9.34. The Labute approximate surface area is 206 Å². The lowest BCUT2D eigenvalue weighted by Crippen LogP contribution is -2.56. The van der Waals surface area contributed by atoms with E-state index >= 15 is 0 Å². The van der Waals surface area contributed by atoms with E-state index in [1.54, 1.807) is 36.9 Å². The van der Waals surface area contributed by atoms with Crippen LogP contribution >= 0.6 is 0 Å². The summed E-state index contributed by atoms with van der Waals surface area (Å²) in [6.07, 6.45) is -5.84. The van der Waals surface area contributed by atoms with Gasteiger partial charge in [-0.3, -0.25) is 4.79 Å². The zero-order valence-electron chi connectivity index (χ0n) is 20.1. The number of benzene rings is 2. The minimum atomic E-state index is -4.50. The Balaban J connectivity index is 1.68. The number of amides is 2. The topological polar surface area (TPSA) is 67.9 Å². The molecule has 0 bridgehead atoms. The van der Waals surface area contributed by atoms with Crippen LogP contribution in [0.2, 0.25) is 0 Å². The molecule has 2 amide bonds. The maximum Gasteiger partial charge on any atom is 0.416 e. The van der Waals surface area contributed by atoms with Gasteiger partial charge in [0, 0.05) is 18.9 Å². The van der Waals surface area contributed by atoms with Crippen LogP contribution in [-0.2, 0) is 20.4 Å². The second kappa shape index (κ2) is 10.1. The van der Waals surface area contributed by atoms with Crippen LogP contribution in [0.25, 0.3) is 0 Å². The third-order valence-corrected chi connectivity index (χ3v) is 6.93. The molecule has 0 aliphatic carbocycles. The van der Waals surface area contributed by atoms with Crippen LogP contribution in [0.5, 0.6) is 0 Å². The fourth-order valence-corrected chi connectivity index (χ4v) is 5.32. The van der Waals surface area contributed by atoms with E-state index in [4.69, 9.17) is 9.47 Å². The minimum Gasteiger partial charge on any atom is -0.453 e. The molecule has 0 radical (unpaired) electrons. The number of rotatable bonds is 5. The van der Waals surface area contributed by atoms with Gasteiger partial charge < -0.3 is 19.7 Å². The summed E-state index contributed by atoms with van der Waals surface area (Å²) >= 11 is 0.